The number of rotatable bonds is 18. The summed E-state index contributed by atoms with van der Waals surface area (Å²) in [4.78, 5) is 14.7. The molecular formula is C22H45NO2. The molecule has 150 valence electrons. The second-order valence-corrected chi connectivity index (χ2v) is 7.32. The van der Waals surface area contributed by atoms with E-state index < -0.39 is 0 Å². The Bertz CT molecular complexity index is 282. The zero-order chi connectivity index (χ0) is 18.8. The van der Waals surface area contributed by atoms with Gasteiger partial charge in [0.05, 0.1) is 13.0 Å². The van der Waals surface area contributed by atoms with Crippen LogP contribution in [0, 0.1) is 0 Å². The van der Waals surface area contributed by atoms with E-state index in [0.29, 0.717) is 19.1 Å². The predicted octanol–water partition coefficient (Wildman–Crippen LogP) is 6.35. The molecular weight excluding hydrogens is 310 g/mol. The first-order valence-electron chi connectivity index (χ1n) is 11.1. The number of carbonyl (C=O) groups is 1. The third-order valence-electron chi connectivity index (χ3n) is 4.96. The van der Waals surface area contributed by atoms with E-state index in [2.05, 4.69) is 25.7 Å². The summed E-state index contributed by atoms with van der Waals surface area (Å²) >= 11 is 0. The van der Waals surface area contributed by atoms with Crippen LogP contribution < -0.4 is 0 Å². The highest BCUT2D eigenvalue weighted by Gasteiger charge is 2.21. The van der Waals surface area contributed by atoms with Gasteiger partial charge in [-0.05, 0) is 39.3 Å². The Balaban J connectivity index is 4.68. The lowest BCUT2D eigenvalue weighted by atomic mass is 10.0. The Labute approximate surface area is 157 Å². The minimum Gasteiger partial charge on any atom is -0.466 e. The summed E-state index contributed by atoms with van der Waals surface area (Å²) in [6.07, 6.45) is 15.8. The van der Waals surface area contributed by atoms with Gasteiger partial charge in [0.25, 0.3) is 0 Å². The third kappa shape index (κ3) is 14.3. The summed E-state index contributed by atoms with van der Waals surface area (Å²) in [5.41, 5.74) is 0. The van der Waals surface area contributed by atoms with E-state index in [-0.39, 0.29) is 5.97 Å². The normalized spacial score (nSPS) is 12.5. The summed E-state index contributed by atoms with van der Waals surface area (Å²) < 4.78 is 5.25. The molecule has 0 aromatic rings. The summed E-state index contributed by atoms with van der Waals surface area (Å²) in [7, 11) is 0. The standard InChI is InChI=1S/C22H45NO2/c1-5-9-12-15-18-23(19-16-13-10-6-2)21(17-14-11-7-3)20-22(24)25-8-4/h21H,5-20H2,1-4H3. The molecule has 0 bridgehead atoms. The number of carbonyl (C=O) groups excluding carboxylic acids is 1. The van der Waals surface area contributed by atoms with Gasteiger partial charge in [-0.2, -0.15) is 0 Å². The van der Waals surface area contributed by atoms with E-state index in [1.54, 1.807) is 0 Å². The summed E-state index contributed by atoms with van der Waals surface area (Å²) in [5, 5.41) is 0. The van der Waals surface area contributed by atoms with Gasteiger partial charge in [-0.15, -0.1) is 0 Å². The molecule has 0 aliphatic heterocycles. The van der Waals surface area contributed by atoms with Crippen LogP contribution in [0.4, 0.5) is 0 Å². The molecule has 0 radical (unpaired) electrons. The van der Waals surface area contributed by atoms with Crippen LogP contribution in [0.2, 0.25) is 0 Å². The highest BCUT2D eigenvalue weighted by atomic mass is 16.5. The Morgan fingerprint density at radius 3 is 1.76 bits per heavy atom. The zero-order valence-electron chi connectivity index (χ0n) is 17.7. The second kappa shape index (κ2) is 18.2. The number of unbranched alkanes of at least 4 members (excludes halogenated alkanes) is 8. The van der Waals surface area contributed by atoms with Gasteiger partial charge in [0.2, 0.25) is 0 Å². The van der Waals surface area contributed by atoms with E-state index in [1.165, 1.54) is 70.6 Å². The highest BCUT2D eigenvalue weighted by Crippen LogP contribution is 2.17. The molecule has 1 atom stereocenters. The van der Waals surface area contributed by atoms with Crippen molar-refractivity contribution >= 4 is 5.97 Å². The fourth-order valence-electron chi connectivity index (χ4n) is 3.42. The molecule has 0 aliphatic rings. The topological polar surface area (TPSA) is 29.5 Å². The van der Waals surface area contributed by atoms with Crippen LogP contribution in [0.15, 0.2) is 0 Å². The lowest BCUT2D eigenvalue weighted by Crippen LogP contribution is -2.39. The van der Waals surface area contributed by atoms with Gasteiger partial charge in [0.1, 0.15) is 0 Å². The summed E-state index contributed by atoms with van der Waals surface area (Å²) in [6, 6.07) is 0.369. The van der Waals surface area contributed by atoms with Crippen molar-refractivity contribution < 1.29 is 9.53 Å². The number of hydrogen-bond acceptors (Lipinski definition) is 3. The van der Waals surface area contributed by atoms with Crippen LogP contribution in [0.25, 0.3) is 0 Å². The van der Waals surface area contributed by atoms with Gasteiger partial charge in [-0.1, -0.05) is 78.6 Å². The van der Waals surface area contributed by atoms with Crippen molar-refractivity contribution in [1.82, 2.24) is 4.90 Å². The Hall–Kier alpha value is -0.570. The van der Waals surface area contributed by atoms with Crippen molar-refractivity contribution in [3.8, 4) is 0 Å². The molecule has 3 nitrogen and oxygen atoms in total. The monoisotopic (exact) mass is 355 g/mol. The number of esters is 1. The van der Waals surface area contributed by atoms with Crippen molar-refractivity contribution in [3.63, 3.8) is 0 Å². The van der Waals surface area contributed by atoms with Gasteiger partial charge < -0.3 is 4.74 Å². The first-order valence-corrected chi connectivity index (χ1v) is 11.1. The van der Waals surface area contributed by atoms with Crippen LogP contribution >= 0.6 is 0 Å². The SMILES string of the molecule is CCCCCCN(CCCCCC)C(CCCCC)CC(=O)OCC. The molecule has 0 aliphatic carbocycles. The molecule has 1 unspecified atom stereocenters. The molecule has 0 spiro atoms. The van der Waals surface area contributed by atoms with E-state index >= 15 is 0 Å². The molecule has 0 saturated carbocycles. The van der Waals surface area contributed by atoms with E-state index in [9.17, 15) is 4.79 Å². The first kappa shape index (κ1) is 24.4. The van der Waals surface area contributed by atoms with Crippen molar-refractivity contribution in [2.24, 2.45) is 0 Å². The molecule has 0 fully saturated rings. The molecule has 3 heteroatoms. The van der Waals surface area contributed by atoms with Gasteiger partial charge in [0, 0.05) is 6.04 Å². The molecule has 0 aromatic heterocycles. The second-order valence-electron chi connectivity index (χ2n) is 7.32. The summed E-state index contributed by atoms with van der Waals surface area (Å²) in [6.45, 7) is 11.4. The molecule has 0 N–H and O–H groups in total. The lowest BCUT2D eigenvalue weighted by molar-refractivity contribution is -0.144. The number of ether oxygens (including phenoxy) is 1. The average molecular weight is 356 g/mol. The minimum atomic E-state index is -0.0175. The molecule has 25 heavy (non-hydrogen) atoms. The van der Waals surface area contributed by atoms with Crippen molar-refractivity contribution in [2.75, 3.05) is 19.7 Å². The van der Waals surface area contributed by atoms with Crippen LogP contribution in [0.1, 0.15) is 111 Å². The maximum Gasteiger partial charge on any atom is 0.307 e. The maximum atomic E-state index is 12.1. The van der Waals surface area contributed by atoms with E-state index in [1.807, 2.05) is 6.92 Å². The Kier molecular flexibility index (Phi) is 17.8. The largest absolute Gasteiger partial charge is 0.466 e. The molecule has 0 amide bonds. The zero-order valence-corrected chi connectivity index (χ0v) is 17.7. The van der Waals surface area contributed by atoms with E-state index in [4.69, 9.17) is 4.74 Å². The van der Waals surface area contributed by atoms with Gasteiger partial charge in [-0.3, -0.25) is 9.69 Å². The predicted molar refractivity (Wildman–Crippen MR) is 109 cm³/mol. The highest BCUT2D eigenvalue weighted by molar-refractivity contribution is 5.70. The maximum absolute atomic E-state index is 12.1. The molecule has 0 rings (SSSR count). The number of hydrogen-bond donors (Lipinski definition) is 0. The van der Waals surface area contributed by atoms with Crippen molar-refractivity contribution in [3.05, 3.63) is 0 Å². The van der Waals surface area contributed by atoms with Crippen LogP contribution in [-0.2, 0) is 9.53 Å². The number of nitrogens with zero attached hydrogens (tertiary/aromatic N) is 1. The minimum absolute atomic E-state index is 0.0175. The fourth-order valence-corrected chi connectivity index (χ4v) is 3.42. The Morgan fingerprint density at radius 2 is 1.28 bits per heavy atom. The van der Waals surface area contributed by atoms with E-state index in [0.717, 1.165) is 19.5 Å². The van der Waals surface area contributed by atoms with Gasteiger partial charge in [-0.25, -0.2) is 0 Å². The van der Waals surface area contributed by atoms with Crippen LogP contribution in [-0.4, -0.2) is 36.6 Å². The smallest absolute Gasteiger partial charge is 0.307 e. The van der Waals surface area contributed by atoms with Crippen molar-refractivity contribution in [2.45, 2.75) is 117 Å². The fraction of sp³-hybridized carbons (Fsp3) is 0.955. The molecule has 0 heterocycles. The molecule has 0 aromatic carbocycles. The van der Waals surface area contributed by atoms with Crippen molar-refractivity contribution in [1.29, 1.82) is 0 Å². The van der Waals surface area contributed by atoms with Gasteiger partial charge >= 0.3 is 5.97 Å². The Morgan fingerprint density at radius 1 is 0.760 bits per heavy atom. The van der Waals surface area contributed by atoms with Crippen LogP contribution in [0.5, 0.6) is 0 Å². The quantitative estimate of drug-likeness (QED) is 0.212. The third-order valence-corrected chi connectivity index (χ3v) is 4.96. The van der Waals surface area contributed by atoms with Crippen LogP contribution in [0.3, 0.4) is 0 Å². The first-order chi connectivity index (χ1) is 12.2. The lowest BCUT2D eigenvalue weighted by Gasteiger charge is -2.31. The average Bonchev–Trinajstić information content (AvgIpc) is 2.60. The van der Waals surface area contributed by atoms with Gasteiger partial charge in [0.15, 0.2) is 0 Å². The molecule has 0 saturated heterocycles. The summed E-state index contributed by atoms with van der Waals surface area (Å²) in [5.74, 6) is -0.0175.